The van der Waals surface area contributed by atoms with Crippen molar-refractivity contribution < 1.29 is 27.4 Å². The number of aliphatic hydroxyl groups excluding tert-OH is 1. The highest BCUT2D eigenvalue weighted by Crippen LogP contribution is 2.23. The lowest BCUT2D eigenvalue weighted by molar-refractivity contribution is -0.170. The van der Waals surface area contributed by atoms with Crippen molar-refractivity contribution in [3.8, 4) is 0 Å². The van der Waals surface area contributed by atoms with E-state index >= 15 is 0 Å². The predicted octanol–water partition coefficient (Wildman–Crippen LogP) is 2.57. The largest absolute Gasteiger partial charge is 0.390 e. The van der Waals surface area contributed by atoms with Crippen molar-refractivity contribution in [1.82, 2.24) is 0 Å². The molecule has 0 amide bonds. The summed E-state index contributed by atoms with van der Waals surface area (Å²) in [7, 11) is 0. The zero-order chi connectivity index (χ0) is 12.9. The van der Waals surface area contributed by atoms with Crippen LogP contribution in [-0.4, -0.2) is 36.8 Å². The maximum Gasteiger partial charge on any atom is 0.330 e. The Balaban J connectivity index is 2.22. The first-order valence-corrected chi connectivity index (χ1v) is 5.74. The van der Waals surface area contributed by atoms with Crippen molar-refractivity contribution in [2.45, 2.75) is 24.9 Å². The van der Waals surface area contributed by atoms with Crippen molar-refractivity contribution in [3.05, 3.63) is 22.4 Å². The van der Waals surface area contributed by atoms with Gasteiger partial charge in [0.15, 0.2) is 0 Å². The van der Waals surface area contributed by atoms with Crippen LogP contribution in [0.1, 0.15) is 4.88 Å². The van der Waals surface area contributed by atoms with E-state index in [1.165, 1.54) is 11.3 Å². The van der Waals surface area contributed by atoms with E-state index in [9.17, 15) is 22.7 Å². The molecule has 1 rings (SSSR count). The lowest BCUT2D eigenvalue weighted by atomic mass is 10.2. The van der Waals surface area contributed by atoms with E-state index in [1.807, 2.05) is 5.38 Å². The van der Waals surface area contributed by atoms with Crippen LogP contribution in [0, 0.1) is 0 Å². The smallest absolute Gasteiger partial charge is 0.330 e. The van der Waals surface area contributed by atoms with E-state index in [1.54, 1.807) is 12.1 Å². The van der Waals surface area contributed by atoms with E-state index < -0.39 is 25.1 Å². The molecule has 1 aromatic heterocycles. The topological polar surface area (TPSA) is 29.5 Å². The Bertz CT molecular complexity index is 316. The highest BCUT2D eigenvalue weighted by atomic mass is 32.1. The van der Waals surface area contributed by atoms with Crippen LogP contribution < -0.4 is 0 Å². The first kappa shape index (κ1) is 14.4. The minimum Gasteiger partial charge on any atom is -0.390 e. The van der Waals surface area contributed by atoms with Crippen LogP contribution in [0.5, 0.6) is 0 Å². The summed E-state index contributed by atoms with van der Waals surface area (Å²) in [5.41, 5.74) is 0. The summed E-state index contributed by atoms with van der Waals surface area (Å²) in [6, 6.07) is 3.57. The molecule has 17 heavy (non-hydrogen) atoms. The fraction of sp³-hybridized carbons (Fsp3) is 0.600. The molecule has 1 heterocycles. The monoisotopic (exact) mass is 272 g/mol. The quantitative estimate of drug-likeness (QED) is 0.773. The summed E-state index contributed by atoms with van der Waals surface area (Å²) in [6.07, 6.45) is -4.46. The van der Waals surface area contributed by atoms with Gasteiger partial charge < -0.3 is 9.84 Å². The third kappa shape index (κ3) is 5.01. The number of halogens is 4. The van der Waals surface area contributed by atoms with Gasteiger partial charge in [-0.15, -0.1) is 11.3 Å². The molecule has 1 unspecified atom stereocenters. The standard InChI is InChI=1S/C10H12F4O2S/c11-9(12)10(13,14)6-16-5-7(15)4-8-2-1-3-17-8/h1-3,7,9,15H,4-6H2. The Morgan fingerprint density at radius 3 is 2.65 bits per heavy atom. The van der Waals surface area contributed by atoms with Gasteiger partial charge in [0.25, 0.3) is 0 Å². The maximum absolute atomic E-state index is 12.4. The molecule has 7 heteroatoms. The molecule has 0 aromatic carbocycles. The lowest BCUT2D eigenvalue weighted by Crippen LogP contribution is -2.34. The molecule has 0 fully saturated rings. The van der Waals surface area contributed by atoms with Gasteiger partial charge in [-0.1, -0.05) is 6.07 Å². The summed E-state index contributed by atoms with van der Waals surface area (Å²) in [6.45, 7) is -1.77. The summed E-state index contributed by atoms with van der Waals surface area (Å²) >= 11 is 1.41. The minimum absolute atomic E-state index is 0.262. The molecule has 0 aliphatic carbocycles. The zero-order valence-electron chi connectivity index (χ0n) is 8.78. The molecule has 0 bridgehead atoms. The molecule has 98 valence electrons. The molecule has 0 saturated heterocycles. The van der Waals surface area contributed by atoms with E-state index in [4.69, 9.17) is 0 Å². The molecular formula is C10H12F4O2S. The summed E-state index contributed by atoms with van der Waals surface area (Å²) in [5, 5.41) is 11.2. The van der Waals surface area contributed by atoms with Gasteiger partial charge >= 0.3 is 12.3 Å². The number of alkyl halides is 4. The second-order valence-electron chi connectivity index (χ2n) is 3.51. The Kier molecular flexibility index (Phi) is 5.35. The van der Waals surface area contributed by atoms with E-state index in [2.05, 4.69) is 4.74 Å². The van der Waals surface area contributed by atoms with Crippen molar-refractivity contribution in [1.29, 1.82) is 0 Å². The summed E-state index contributed by atoms with van der Waals surface area (Å²) < 4.78 is 52.7. The molecular weight excluding hydrogens is 260 g/mol. The second-order valence-corrected chi connectivity index (χ2v) is 4.55. The third-order valence-corrected chi connectivity index (χ3v) is 2.84. The number of hydrogen-bond donors (Lipinski definition) is 1. The molecule has 1 aromatic rings. The molecule has 0 saturated carbocycles. The van der Waals surface area contributed by atoms with Gasteiger partial charge in [-0.25, -0.2) is 8.78 Å². The van der Waals surface area contributed by atoms with Crippen LogP contribution in [0.4, 0.5) is 17.6 Å². The Labute approximate surface area is 99.8 Å². The number of thiophene rings is 1. The number of aliphatic hydroxyl groups is 1. The highest BCUT2D eigenvalue weighted by molar-refractivity contribution is 7.09. The summed E-state index contributed by atoms with van der Waals surface area (Å²) in [4.78, 5) is 0.877. The predicted molar refractivity (Wildman–Crippen MR) is 55.8 cm³/mol. The molecule has 1 atom stereocenters. The zero-order valence-corrected chi connectivity index (χ0v) is 9.60. The van der Waals surface area contributed by atoms with Crippen molar-refractivity contribution >= 4 is 11.3 Å². The van der Waals surface area contributed by atoms with Crippen LogP contribution in [-0.2, 0) is 11.2 Å². The third-order valence-electron chi connectivity index (χ3n) is 1.94. The SMILES string of the molecule is OC(COCC(F)(F)C(F)F)Cc1cccs1. The highest BCUT2D eigenvalue weighted by Gasteiger charge is 2.41. The fourth-order valence-electron chi connectivity index (χ4n) is 1.11. The van der Waals surface area contributed by atoms with Crippen LogP contribution in [0.25, 0.3) is 0 Å². The first-order chi connectivity index (χ1) is 7.92. The van der Waals surface area contributed by atoms with Gasteiger partial charge in [0, 0.05) is 11.3 Å². The number of rotatable bonds is 7. The summed E-state index contributed by atoms with van der Waals surface area (Å²) in [5.74, 6) is -4.16. The van der Waals surface area contributed by atoms with Gasteiger partial charge in [0.2, 0.25) is 0 Å². The fourth-order valence-corrected chi connectivity index (χ4v) is 1.89. The van der Waals surface area contributed by atoms with Gasteiger partial charge in [0.05, 0.1) is 12.7 Å². The van der Waals surface area contributed by atoms with Gasteiger partial charge in [-0.3, -0.25) is 0 Å². The van der Waals surface area contributed by atoms with Crippen molar-refractivity contribution in [2.24, 2.45) is 0 Å². The van der Waals surface area contributed by atoms with E-state index in [0.29, 0.717) is 0 Å². The first-order valence-electron chi connectivity index (χ1n) is 4.86. The Morgan fingerprint density at radius 2 is 2.12 bits per heavy atom. The molecule has 0 spiro atoms. The average Bonchev–Trinajstić information content (AvgIpc) is 2.69. The van der Waals surface area contributed by atoms with Crippen molar-refractivity contribution in [2.75, 3.05) is 13.2 Å². The molecule has 1 N–H and O–H groups in total. The minimum atomic E-state index is -4.16. The van der Waals surface area contributed by atoms with Crippen LogP contribution in [0.3, 0.4) is 0 Å². The van der Waals surface area contributed by atoms with Crippen molar-refractivity contribution in [3.63, 3.8) is 0 Å². The molecule has 0 aliphatic rings. The maximum atomic E-state index is 12.4. The Hall–Kier alpha value is -0.660. The number of hydrogen-bond acceptors (Lipinski definition) is 3. The van der Waals surface area contributed by atoms with Gasteiger partial charge in [-0.05, 0) is 11.4 Å². The number of ether oxygens (including phenoxy) is 1. The van der Waals surface area contributed by atoms with Crippen LogP contribution in [0.15, 0.2) is 17.5 Å². The normalized spacial score (nSPS) is 14.2. The molecule has 0 aliphatic heterocycles. The van der Waals surface area contributed by atoms with E-state index in [-0.39, 0.29) is 13.0 Å². The van der Waals surface area contributed by atoms with Gasteiger partial charge in [-0.2, -0.15) is 8.78 Å². The van der Waals surface area contributed by atoms with Gasteiger partial charge in [0.1, 0.15) is 6.61 Å². The molecule has 2 nitrogen and oxygen atoms in total. The van der Waals surface area contributed by atoms with Crippen LogP contribution >= 0.6 is 11.3 Å². The van der Waals surface area contributed by atoms with E-state index in [0.717, 1.165) is 4.88 Å². The lowest BCUT2D eigenvalue weighted by Gasteiger charge is -2.16. The second kappa shape index (κ2) is 6.32. The molecule has 0 radical (unpaired) electrons. The van der Waals surface area contributed by atoms with Crippen LogP contribution in [0.2, 0.25) is 0 Å². The Morgan fingerprint density at radius 1 is 1.41 bits per heavy atom. The average molecular weight is 272 g/mol.